The van der Waals surface area contributed by atoms with E-state index in [0.717, 1.165) is 14.6 Å². The minimum Gasteiger partial charge on any atom is -0.272 e. The van der Waals surface area contributed by atoms with Gasteiger partial charge in [0.25, 0.3) is 0 Å². The number of benzene rings is 1. The Hall–Kier alpha value is -1.40. The molecule has 4 nitrogen and oxygen atoms in total. The lowest BCUT2D eigenvalue weighted by molar-refractivity contribution is -0.118. The number of rotatable bonds is 5. The molecule has 1 aromatic carbocycles. The fourth-order valence-electron chi connectivity index (χ4n) is 2.57. The number of amides is 1. The second-order valence-electron chi connectivity index (χ2n) is 5.45. The van der Waals surface area contributed by atoms with E-state index in [1.807, 2.05) is 30.5 Å². The SMILES string of the molecule is O=C(CSc1nc2ccccc2s1)N/N=C\C1CCCCC1. The van der Waals surface area contributed by atoms with Gasteiger partial charge in [0, 0.05) is 6.21 Å². The molecule has 1 amide bonds. The van der Waals surface area contributed by atoms with E-state index < -0.39 is 0 Å². The number of hydrogen-bond acceptors (Lipinski definition) is 5. The van der Waals surface area contributed by atoms with Crippen LogP contribution in [0.5, 0.6) is 0 Å². The number of para-hydroxylation sites is 1. The highest BCUT2D eigenvalue weighted by molar-refractivity contribution is 8.01. The zero-order valence-corrected chi connectivity index (χ0v) is 14.0. The summed E-state index contributed by atoms with van der Waals surface area (Å²) in [4.78, 5) is 16.3. The number of thioether (sulfide) groups is 1. The Morgan fingerprint density at radius 1 is 1.36 bits per heavy atom. The maximum Gasteiger partial charge on any atom is 0.250 e. The molecule has 0 spiro atoms. The van der Waals surface area contributed by atoms with Crippen molar-refractivity contribution >= 4 is 45.4 Å². The third-order valence-electron chi connectivity index (χ3n) is 3.73. The Morgan fingerprint density at radius 2 is 2.18 bits per heavy atom. The highest BCUT2D eigenvalue weighted by atomic mass is 32.2. The summed E-state index contributed by atoms with van der Waals surface area (Å²) in [6, 6.07) is 8.01. The van der Waals surface area contributed by atoms with Crippen LogP contribution in [0.25, 0.3) is 10.2 Å². The number of fused-ring (bicyclic) bond motifs is 1. The van der Waals surface area contributed by atoms with Crippen molar-refractivity contribution in [2.45, 2.75) is 36.4 Å². The number of nitrogens with one attached hydrogen (secondary N) is 1. The molecule has 0 radical (unpaired) electrons. The van der Waals surface area contributed by atoms with E-state index in [1.54, 1.807) is 11.3 Å². The smallest absolute Gasteiger partial charge is 0.250 e. The van der Waals surface area contributed by atoms with Crippen molar-refractivity contribution in [3.63, 3.8) is 0 Å². The lowest BCUT2D eigenvalue weighted by Crippen LogP contribution is -2.20. The van der Waals surface area contributed by atoms with Gasteiger partial charge in [-0.25, -0.2) is 10.4 Å². The van der Waals surface area contributed by atoms with Gasteiger partial charge in [0.15, 0.2) is 4.34 Å². The van der Waals surface area contributed by atoms with Crippen molar-refractivity contribution in [2.24, 2.45) is 11.0 Å². The van der Waals surface area contributed by atoms with Gasteiger partial charge in [-0.2, -0.15) is 5.10 Å². The highest BCUT2D eigenvalue weighted by Gasteiger charge is 2.11. The maximum absolute atomic E-state index is 11.8. The Labute approximate surface area is 138 Å². The first-order chi connectivity index (χ1) is 10.8. The van der Waals surface area contributed by atoms with Crippen LogP contribution in [-0.4, -0.2) is 22.9 Å². The Kier molecular flexibility index (Phi) is 5.45. The number of carbonyl (C=O) groups is 1. The predicted octanol–water partition coefficient (Wildman–Crippen LogP) is 4.07. The van der Waals surface area contributed by atoms with E-state index >= 15 is 0 Å². The largest absolute Gasteiger partial charge is 0.272 e. The molecule has 116 valence electrons. The van der Waals surface area contributed by atoms with Crippen LogP contribution in [0, 0.1) is 5.92 Å². The summed E-state index contributed by atoms with van der Waals surface area (Å²) in [5, 5.41) is 4.10. The molecule has 3 rings (SSSR count). The monoisotopic (exact) mass is 333 g/mol. The lowest BCUT2D eigenvalue weighted by Gasteiger charge is -2.16. The van der Waals surface area contributed by atoms with Gasteiger partial charge in [-0.3, -0.25) is 4.79 Å². The standard InChI is InChI=1S/C16H19N3OS2/c20-15(19-17-10-12-6-2-1-3-7-12)11-21-16-18-13-8-4-5-9-14(13)22-16/h4-5,8-10,12H,1-3,6-7,11H2,(H,19,20)/b17-10-. The summed E-state index contributed by atoms with van der Waals surface area (Å²) in [6.07, 6.45) is 8.17. The predicted molar refractivity (Wildman–Crippen MR) is 93.6 cm³/mol. The summed E-state index contributed by atoms with van der Waals surface area (Å²) in [7, 11) is 0. The number of hydrogen-bond donors (Lipinski definition) is 1. The molecule has 0 unspecified atom stereocenters. The molecule has 22 heavy (non-hydrogen) atoms. The first-order valence-corrected chi connectivity index (χ1v) is 9.42. The molecule has 1 aliphatic rings. The molecular formula is C16H19N3OS2. The van der Waals surface area contributed by atoms with Crippen molar-refractivity contribution in [1.29, 1.82) is 0 Å². The number of thiazole rings is 1. The molecular weight excluding hydrogens is 314 g/mol. The van der Waals surface area contributed by atoms with Crippen LogP contribution in [0.4, 0.5) is 0 Å². The fraction of sp³-hybridized carbons (Fsp3) is 0.438. The zero-order chi connectivity index (χ0) is 15.2. The topological polar surface area (TPSA) is 54.4 Å². The van der Waals surface area contributed by atoms with Gasteiger partial charge in [-0.15, -0.1) is 11.3 Å². The number of nitrogens with zero attached hydrogens (tertiary/aromatic N) is 2. The van der Waals surface area contributed by atoms with Crippen LogP contribution < -0.4 is 5.43 Å². The maximum atomic E-state index is 11.8. The number of hydrazone groups is 1. The summed E-state index contributed by atoms with van der Waals surface area (Å²) in [5.41, 5.74) is 3.61. The van der Waals surface area contributed by atoms with E-state index in [4.69, 9.17) is 0 Å². The van der Waals surface area contributed by atoms with Crippen LogP contribution in [0.3, 0.4) is 0 Å². The van der Waals surface area contributed by atoms with Gasteiger partial charge in [0.1, 0.15) is 0 Å². The number of aromatic nitrogens is 1. The summed E-state index contributed by atoms with van der Waals surface area (Å²) in [5.74, 6) is 0.809. The molecule has 6 heteroatoms. The third kappa shape index (κ3) is 4.30. The summed E-state index contributed by atoms with van der Waals surface area (Å²) < 4.78 is 2.08. The molecule has 1 fully saturated rings. The van der Waals surface area contributed by atoms with Crippen LogP contribution >= 0.6 is 23.1 Å². The van der Waals surface area contributed by atoms with E-state index in [1.165, 1.54) is 43.9 Å². The van der Waals surface area contributed by atoms with Crippen molar-refractivity contribution < 1.29 is 4.79 Å². The summed E-state index contributed by atoms with van der Waals surface area (Å²) in [6.45, 7) is 0. The van der Waals surface area contributed by atoms with Gasteiger partial charge < -0.3 is 0 Å². The van der Waals surface area contributed by atoms with Gasteiger partial charge in [0.2, 0.25) is 5.91 Å². The van der Waals surface area contributed by atoms with E-state index in [0.29, 0.717) is 11.7 Å². The molecule has 1 N–H and O–H groups in total. The van der Waals surface area contributed by atoms with Crippen LogP contribution in [0.2, 0.25) is 0 Å². The van der Waals surface area contributed by atoms with Crippen molar-refractivity contribution in [2.75, 3.05) is 5.75 Å². The minimum absolute atomic E-state index is 0.0729. The first kappa shape index (κ1) is 15.5. The number of carbonyl (C=O) groups excluding carboxylic acids is 1. The highest BCUT2D eigenvalue weighted by Crippen LogP contribution is 2.29. The molecule has 1 aromatic heterocycles. The average Bonchev–Trinajstić information content (AvgIpc) is 2.97. The second-order valence-corrected chi connectivity index (χ2v) is 7.70. The quantitative estimate of drug-likeness (QED) is 0.510. The first-order valence-electron chi connectivity index (χ1n) is 7.61. The fourth-order valence-corrected chi connectivity index (χ4v) is 4.43. The Bertz CT molecular complexity index is 629. The molecule has 1 aliphatic carbocycles. The van der Waals surface area contributed by atoms with Crippen molar-refractivity contribution in [3.8, 4) is 0 Å². The van der Waals surface area contributed by atoms with E-state index in [9.17, 15) is 4.79 Å². The molecule has 0 bridgehead atoms. The molecule has 1 saturated carbocycles. The second kappa shape index (κ2) is 7.74. The molecule has 0 aliphatic heterocycles. The van der Waals surface area contributed by atoms with E-state index in [-0.39, 0.29) is 5.91 Å². The van der Waals surface area contributed by atoms with Crippen molar-refractivity contribution in [1.82, 2.24) is 10.4 Å². The van der Waals surface area contributed by atoms with Crippen LogP contribution in [0.1, 0.15) is 32.1 Å². The third-order valence-corrected chi connectivity index (χ3v) is 5.90. The van der Waals surface area contributed by atoms with Gasteiger partial charge in [-0.1, -0.05) is 43.2 Å². The van der Waals surface area contributed by atoms with Crippen LogP contribution in [-0.2, 0) is 4.79 Å². The molecule has 1 heterocycles. The Morgan fingerprint density at radius 3 is 3.00 bits per heavy atom. The van der Waals surface area contributed by atoms with E-state index in [2.05, 4.69) is 15.5 Å². The average molecular weight is 333 g/mol. The normalized spacial score (nSPS) is 16.4. The van der Waals surface area contributed by atoms with Gasteiger partial charge in [-0.05, 0) is 30.9 Å². The van der Waals surface area contributed by atoms with Crippen molar-refractivity contribution in [3.05, 3.63) is 24.3 Å². The van der Waals surface area contributed by atoms with Gasteiger partial charge in [0.05, 0.1) is 16.0 Å². The lowest BCUT2D eigenvalue weighted by atomic mass is 9.90. The summed E-state index contributed by atoms with van der Waals surface area (Å²) >= 11 is 3.08. The minimum atomic E-state index is -0.0729. The van der Waals surface area contributed by atoms with Gasteiger partial charge >= 0.3 is 0 Å². The Balaban J connectivity index is 1.44. The molecule has 2 aromatic rings. The molecule has 0 saturated heterocycles. The van der Waals surface area contributed by atoms with Crippen LogP contribution in [0.15, 0.2) is 33.7 Å². The zero-order valence-electron chi connectivity index (χ0n) is 12.3. The molecule has 0 atom stereocenters.